The number of aryl methyl sites for hydroxylation is 1. The fraction of sp³-hybridized carbons (Fsp3) is 0.500. The predicted molar refractivity (Wildman–Crippen MR) is 54.9 cm³/mol. The molecule has 1 atom stereocenters. The number of anilines is 1. The molecule has 0 amide bonds. The summed E-state index contributed by atoms with van der Waals surface area (Å²) in [6.45, 7) is 3.91. The van der Waals surface area contributed by atoms with Crippen LogP contribution in [-0.4, -0.2) is 23.1 Å². The van der Waals surface area contributed by atoms with E-state index in [1.807, 2.05) is 31.9 Å². The molecular formula is C10H14N4. The summed E-state index contributed by atoms with van der Waals surface area (Å²) in [5.41, 5.74) is 0.936. The third kappa shape index (κ3) is 2.43. The number of nitriles is 1. The Balaban J connectivity index is 2.79. The minimum Gasteiger partial charge on any atom is -0.340 e. The van der Waals surface area contributed by atoms with Crippen molar-refractivity contribution < 1.29 is 0 Å². The van der Waals surface area contributed by atoms with Crippen LogP contribution in [0.25, 0.3) is 0 Å². The van der Waals surface area contributed by atoms with E-state index in [2.05, 4.69) is 16.0 Å². The van der Waals surface area contributed by atoms with Gasteiger partial charge in [-0.3, -0.25) is 0 Å². The average Bonchev–Trinajstić information content (AvgIpc) is 2.17. The summed E-state index contributed by atoms with van der Waals surface area (Å²) in [7, 11) is 1.90. The zero-order chi connectivity index (χ0) is 10.6. The van der Waals surface area contributed by atoms with Crippen molar-refractivity contribution in [1.82, 2.24) is 9.97 Å². The van der Waals surface area contributed by atoms with Crippen LogP contribution >= 0.6 is 0 Å². The van der Waals surface area contributed by atoms with Crippen LogP contribution in [0.1, 0.15) is 19.0 Å². The third-order valence-corrected chi connectivity index (χ3v) is 2.15. The smallest absolute Gasteiger partial charge is 0.225 e. The molecule has 1 aromatic rings. The predicted octanol–water partition coefficient (Wildman–Crippen LogP) is 1.52. The highest BCUT2D eigenvalue weighted by molar-refractivity contribution is 5.30. The van der Waals surface area contributed by atoms with Gasteiger partial charge in [0, 0.05) is 25.0 Å². The second kappa shape index (κ2) is 4.56. The molecule has 1 unspecified atom stereocenters. The molecule has 0 fully saturated rings. The molecule has 1 rings (SSSR count). The third-order valence-electron chi connectivity index (χ3n) is 2.15. The van der Waals surface area contributed by atoms with Crippen molar-refractivity contribution in [1.29, 1.82) is 5.26 Å². The van der Waals surface area contributed by atoms with Gasteiger partial charge in [0.15, 0.2) is 0 Å². The van der Waals surface area contributed by atoms with Crippen LogP contribution in [0.2, 0.25) is 0 Å². The van der Waals surface area contributed by atoms with Gasteiger partial charge in [0.05, 0.1) is 12.5 Å². The summed E-state index contributed by atoms with van der Waals surface area (Å²) in [4.78, 5) is 10.3. The lowest BCUT2D eigenvalue weighted by Gasteiger charge is -2.22. The van der Waals surface area contributed by atoms with Gasteiger partial charge in [0.1, 0.15) is 0 Å². The van der Waals surface area contributed by atoms with Gasteiger partial charge in [-0.2, -0.15) is 5.26 Å². The molecule has 4 heteroatoms. The molecule has 14 heavy (non-hydrogen) atoms. The quantitative estimate of drug-likeness (QED) is 0.725. The van der Waals surface area contributed by atoms with E-state index in [-0.39, 0.29) is 6.04 Å². The van der Waals surface area contributed by atoms with Crippen LogP contribution in [0.5, 0.6) is 0 Å². The molecule has 0 aromatic carbocycles. The Morgan fingerprint density at radius 2 is 2.36 bits per heavy atom. The second-order valence-electron chi connectivity index (χ2n) is 3.32. The maximum atomic E-state index is 8.57. The van der Waals surface area contributed by atoms with Crippen molar-refractivity contribution in [3.63, 3.8) is 0 Å². The minimum atomic E-state index is 0.141. The van der Waals surface area contributed by atoms with Crippen LogP contribution in [0.15, 0.2) is 12.3 Å². The molecule has 0 spiro atoms. The highest BCUT2D eigenvalue weighted by Crippen LogP contribution is 2.10. The van der Waals surface area contributed by atoms with Crippen LogP contribution in [0.3, 0.4) is 0 Å². The minimum absolute atomic E-state index is 0.141. The maximum absolute atomic E-state index is 8.57. The molecule has 0 N–H and O–H groups in total. The van der Waals surface area contributed by atoms with Crippen LogP contribution < -0.4 is 4.90 Å². The number of hydrogen-bond donors (Lipinski definition) is 0. The Bertz CT molecular complexity index is 342. The number of nitrogens with zero attached hydrogens (tertiary/aromatic N) is 4. The molecule has 74 valence electrons. The summed E-state index contributed by atoms with van der Waals surface area (Å²) in [5, 5.41) is 8.57. The summed E-state index contributed by atoms with van der Waals surface area (Å²) in [5.74, 6) is 0.674. The number of aromatic nitrogens is 2. The van der Waals surface area contributed by atoms with Crippen LogP contribution in [0.4, 0.5) is 5.95 Å². The van der Waals surface area contributed by atoms with E-state index in [1.165, 1.54) is 0 Å². The first-order valence-corrected chi connectivity index (χ1v) is 4.54. The lowest BCUT2D eigenvalue weighted by Crippen LogP contribution is -2.30. The highest BCUT2D eigenvalue weighted by atomic mass is 15.2. The average molecular weight is 190 g/mol. The monoisotopic (exact) mass is 190 g/mol. The summed E-state index contributed by atoms with van der Waals surface area (Å²) in [6.07, 6.45) is 2.21. The molecule has 1 aromatic heterocycles. The number of hydrogen-bond acceptors (Lipinski definition) is 4. The zero-order valence-electron chi connectivity index (χ0n) is 8.73. The first-order chi connectivity index (χ1) is 6.65. The van der Waals surface area contributed by atoms with Gasteiger partial charge in [-0.1, -0.05) is 0 Å². The SMILES string of the molecule is Cc1ccnc(N(C)C(C)CC#N)n1. The van der Waals surface area contributed by atoms with Gasteiger partial charge >= 0.3 is 0 Å². The van der Waals surface area contributed by atoms with Crippen molar-refractivity contribution in [3.8, 4) is 6.07 Å². The second-order valence-corrected chi connectivity index (χ2v) is 3.32. The Kier molecular flexibility index (Phi) is 3.41. The standard InChI is InChI=1S/C10H14N4/c1-8-5-7-12-10(13-8)14(3)9(2)4-6-11/h5,7,9H,4H2,1-3H3. The maximum Gasteiger partial charge on any atom is 0.225 e. The van der Waals surface area contributed by atoms with Gasteiger partial charge in [0.2, 0.25) is 5.95 Å². The van der Waals surface area contributed by atoms with Gasteiger partial charge in [-0.05, 0) is 19.9 Å². The summed E-state index contributed by atoms with van der Waals surface area (Å²) < 4.78 is 0. The molecule has 0 aliphatic carbocycles. The van der Waals surface area contributed by atoms with Gasteiger partial charge in [-0.25, -0.2) is 9.97 Å². The number of rotatable bonds is 3. The van der Waals surface area contributed by atoms with Crippen molar-refractivity contribution in [2.45, 2.75) is 26.3 Å². The van der Waals surface area contributed by atoms with E-state index in [1.54, 1.807) is 6.20 Å². The molecule has 0 aliphatic heterocycles. The lowest BCUT2D eigenvalue weighted by molar-refractivity contribution is 0.682. The van der Waals surface area contributed by atoms with E-state index < -0.39 is 0 Å². The topological polar surface area (TPSA) is 52.8 Å². The molecule has 0 saturated carbocycles. The molecular weight excluding hydrogens is 176 g/mol. The van der Waals surface area contributed by atoms with E-state index in [0.29, 0.717) is 12.4 Å². The fourth-order valence-electron chi connectivity index (χ4n) is 1.07. The van der Waals surface area contributed by atoms with E-state index >= 15 is 0 Å². The van der Waals surface area contributed by atoms with E-state index in [4.69, 9.17) is 5.26 Å². The van der Waals surface area contributed by atoms with E-state index in [9.17, 15) is 0 Å². The largest absolute Gasteiger partial charge is 0.340 e. The van der Waals surface area contributed by atoms with Crippen molar-refractivity contribution in [2.75, 3.05) is 11.9 Å². The first kappa shape index (κ1) is 10.5. The molecule has 4 nitrogen and oxygen atoms in total. The molecule has 0 radical (unpaired) electrons. The summed E-state index contributed by atoms with van der Waals surface area (Å²) in [6, 6.07) is 4.13. The Morgan fingerprint density at radius 1 is 1.64 bits per heavy atom. The van der Waals surface area contributed by atoms with Crippen LogP contribution in [-0.2, 0) is 0 Å². The Morgan fingerprint density at radius 3 is 2.93 bits per heavy atom. The molecule has 0 saturated heterocycles. The Hall–Kier alpha value is -1.63. The van der Waals surface area contributed by atoms with Crippen molar-refractivity contribution in [2.24, 2.45) is 0 Å². The van der Waals surface area contributed by atoms with Crippen LogP contribution in [0, 0.1) is 18.3 Å². The lowest BCUT2D eigenvalue weighted by atomic mass is 10.2. The molecule has 0 aliphatic rings. The molecule has 0 bridgehead atoms. The zero-order valence-corrected chi connectivity index (χ0v) is 8.73. The fourth-order valence-corrected chi connectivity index (χ4v) is 1.07. The van der Waals surface area contributed by atoms with Gasteiger partial charge in [0.25, 0.3) is 0 Å². The van der Waals surface area contributed by atoms with E-state index in [0.717, 1.165) is 5.69 Å². The normalized spacial score (nSPS) is 11.9. The van der Waals surface area contributed by atoms with Gasteiger partial charge < -0.3 is 4.90 Å². The first-order valence-electron chi connectivity index (χ1n) is 4.54. The molecule has 1 heterocycles. The summed E-state index contributed by atoms with van der Waals surface area (Å²) >= 11 is 0. The highest BCUT2D eigenvalue weighted by Gasteiger charge is 2.11. The van der Waals surface area contributed by atoms with Crippen molar-refractivity contribution >= 4 is 5.95 Å². The Labute approximate surface area is 84.2 Å². The van der Waals surface area contributed by atoms with Crippen molar-refractivity contribution in [3.05, 3.63) is 18.0 Å². The van der Waals surface area contributed by atoms with Gasteiger partial charge in [-0.15, -0.1) is 0 Å².